The van der Waals surface area contributed by atoms with Crippen molar-refractivity contribution in [1.29, 1.82) is 0 Å². The fourth-order valence-corrected chi connectivity index (χ4v) is 1.95. The number of fused-ring (bicyclic) bond motifs is 1. The molecule has 1 aromatic carbocycles. The molecule has 3 rings (SSSR count). The van der Waals surface area contributed by atoms with Crippen molar-refractivity contribution in [2.75, 3.05) is 5.32 Å². The average Bonchev–Trinajstić information content (AvgIpc) is 2.81. The third kappa shape index (κ3) is 2.28. The maximum absolute atomic E-state index is 12.0. The van der Waals surface area contributed by atoms with E-state index in [1.165, 1.54) is 6.20 Å². The monoisotopic (exact) mass is 272 g/mol. The van der Waals surface area contributed by atoms with Gasteiger partial charge in [-0.2, -0.15) is 0 Å². The number of pyridine rings is 1. The predicted octanol–water partition coefficient (Wildman–Crippen LogP) is 2.86. The van der Waals surface area contributed by atoms with Gasteiger partial charge in [0.15, 0.2) is 0 Å². The molecular weight excluding hydrogens is 264 g/mol. The van der Waals surface area contributed by atoms with Gasteiger partial charge in [0.05, 0.1) is 16.6 Å². The van der Waals surface area contributed by atoms with Gasteiger partial charge < -0.3 is 4.98 Å². The van der Waals surface area contributed by atoms with Gasteiger partial charge in [-0.25, -0.2) is 9.97 Å². The van der Waals surface area contributed by atoms with Gasteiger partial charge in [-0.05, 0) is 24.3 Å². The third-order valence-corrected chi connectivity index (χ3v) is 2.93. The summed E-state index contributed by atoms with van der Waals surface area (Å²) in [4.78, 5) is 23.1. The number of amides is 1. The number of hydrogen-bond acceptors (Lipinski definition) is 3. The van der Waals surface area contributed by atoms with Crippen LogP contribution >= 0.6 is 11.6 Å². The van der Waals surface area contributed by atoms with Crippen molar-refractivity contribution < 1.29 is 4.79 Å². The highest BCUT2D eigenvalue weighted by molar-refractivity contribution is 6.33. The molecule has 0 aliphatic heterocycles. The van der Waals surface area contributed by atoms with Gasteiger partial charge in [0.2, 0.25) is 5.95 Å². The number of H-pyrrole nitrogens is 1. The minimum absolute atomic E-state index is 0.163. The van der Waals surface area contributed by atoms with Gasteiger partial charge in [-0.1, -0.05) is 23.7 Å². The summed E-state index contributed by atoms with van der Waals surface area (Å²) in [6, 6.07) is 10.8. The zero-order valence-electron chi connectivity index (χ0n) is 9.72. The Morgan fingerprint density at radius 3 is 2.84 bits per heavy atom. The number of imidazole rings is 1. The van der Waals surface area contributed by atoms with Crippen molar-refractivity contribution >= 4 is 34.5 Å². The Kier molecular flexibility index (Phi) is 2.89. The van der Waals surface area contributed by atoms with Crippen LogP contribution < -0.4 is 5.32 Å². The first kappa shape index (κ1) is 11.7. The van der Waals surface area contributed by atoms with Crippen LogP contribution in [0.25, 0.3) is 11.0 Å². The molecule has 0 bridgehead atoms. The zero-order chi connectivity index (χ0) is 13.2. The Balaban J connectivity index is 1.89. The Labute approximate surface area is 113 Å². The number of anilines is 1. The Morgan fingerprint density at radius 2 is 2.05 bits per heavy atom. The Bertz CT molecular complexity index is 720. The average molecular weight is 273 g/mol. The van der Waals surface area contributed by atoms with Gasteiger partial charge in [-0.3, -0.25) is 10.1 Å². The lowest BCUT2D eigenvalue weighted by molar-refractivity contribution is 0.102. The molecule has 0 atom stereocenters. The molecule has 6 heteroatoms. The topological polar surface area (TPSA) is 70.7 Å². The molecule has 0 aliphatic carbocycles. The van der Waals surface area contributed by atoms with E-state index in [0.29, 0.717) is 11.5 Å². The van der Waals surface area contributed by atoms with E-state index in [0.717, 1.165) is 11.0 Å². The van der Waals surface area contributed by atoms with Crippen molar-refractivity contribution in [2.24, 2.45) is 0 Å². The van der Waals surface area contributed by atoms with Gasteiger partial charge in [-0.15, -0.1) is 0 Å². The number of para-hydroxylation sites is 2. The lowest BCUT2D eigenvalue weighted by Crippen LogP contribution is -2.13. The van der Waals surface area contributed by atoms with E-state index in [1.807, 2.05) is 24.3 Å². The maximum atomic E-state index is 12.0. The van der Waals surface area contributed by atoms with Crippen LogP contribution in [0.3, 0.4) is 0 Å². The Hall–Kier alpha value is -2.40. The van der Waals surface area contributed by atoms with E-state index in [-0.39, 0.29) is 11.1 Å². The fourth-order valence-electron chi connectivity index (χ4n) is 1.74. The van der Waals surface area contributed by atoms with Crippen LogP contribution in [0.2, 0.25) is 5.15 Å². The number of halogens is 1. The first-order chi connectivity index (χ1) is 9.24. The van der Waals surface area contributed by atoms with E-state index in [1.54, 1.807) is 12.1 Å². The molecule has 1 amide bonds. The van der Waals surface area contributed by atoms with Gasteiger partial charge in [0.25, 0.3) is 5.91 Å². The number of nitrogens with one attached hydrogen (secondary N) is 2. The number of benzene rings is 1. The summed E-state index contributed by atoms with van der Waals surface area (Å²) >= 11 is 5.86. The van der Waals surface area contributed by atoms with Gasteiger partial charge in [0.1, 0.15) is 5.15 Å². The number of aromatic nitrogens is 3. The highest BCUT2D eigenvalue weighted by Crippen LogP contribution is 2.16. The smallest absolute Gasteiger partial charge is 0.261 e. The molecular formula is C13H9ClN4O. The fraction of sp³-hybridized carbons (Fsp3) is 0. The largest absolute Gasteiger partial charge is 0.324 e. The predicted molar refractivity (Wildman–Crippen MR) is 73.3 cm³/mol. The van der Waals surface area contributed by atoms with Crippen LogP contribution in [0.15, 0.2) is 42.6 Å². The summed E-state index contributed by atoms with van der Waals surface area (Å²) in [5.41, 5.74) is 1.95. The molecule has 0 aliphatic rings. The molecule has 2 aromatic heterocycles. The molecule has 0 unspecified atom stereocenters. The highest BCUT2D eigenvalue weighted by Gasteiger charge is 2.12. The summed E-state index contributed by atoms with van der Waals surface area (Å²) in [5.74, 6) is 0.0308. The van der Waals surface area contributed by atoms with Crippen LogP contribution in [0.5, 0.6) is 0 Å². The van der Waals surface area contributed by atoms with E-state index in [2.05, 4.69) is 20.3 Å². The second kappa shape index (κ2) is 4.70. The van der Waals surface area contributed by atoms with Crippen molar-refractivity contribution in [2.45, 2.75) is 0 Å². The van der Waals surface area contributed by atoms with E-state index in [9.17, 15) is 4.79 Å². The first-order valence-electron chi connectivity index (χ1n) is 5.60. The number of rotatable bonds is 2. The number of hydrogen-bond donors (Lipinski definition) is 2. The first-order valence-corrected chi connectivity index (χ1v) is 5.98. The number of carbonyl (C=O) groups is 1. The second-order valence-electron chi connectivity index (χ2n) is 3.90. The molecule has 94 valence electrons. The number of carbonyl (C=O) groups excluding carboxylic acids is 1. The zero-order valence-corrected chi connectivity index (χ0v) is 10.5. The summed E-state index contributed by atoms with van der Waals surface area (Å²) in [6.07, 6.45) is 1.53. The third-order valence-electron chi connectivity index (χ3n) is 2.63. The summed E-state index contributed by atoms with van der Waals surface area (Å²) in [6.45, 7) is 0. The van der Waals surface area contributed by atoms with Gasteiger partial charge >= 0.3 is 0 Å². The molecule has 0 spiro atoms. The molecule has 2 heterocycles. The van der Waals surface area contributed by atoms with Crippen molar-refractivity contribution in [3.8, 4) is 0 Å². The van der Waals surface area contributed by atoms with Crippen molar-refractivity contribution in [1.82, 2.24) is 15.0 Å². The van der Waals surface area contributed by atoms with Crippen LogP contribution in [0, 0.1) is 0 Å². The molecule has 0 saturated heterocycles. The van der Waals surface area contributed by atoms with E-state index < -0.39 is 0 Å². The van der Waals surface area contributed by atoms with Gasteiger partial charge in [0, 0.05) is 6.20 Å². The standard InChI is InChI=1S/C13H9ClN4O/c14-11-8(4-3-7-15-11)12(19)18-13-16-9-5-1-2-6-10(9)17-13/h1-7H,(H2,16,17,18,19). The summed E-state index contributed by atoms with van der Waals surface area (Å²) in [7, 11) is 0. The summed E-state index contributed by atoms with van der Waals surface area (Å²) in [5, 5.41) is 2.82. The van der Waals surface area contributed by atoms with Crippen LogP contribution in [0.1, 0.15) is 10.4 Å². The minimum Gasteiger partial charge on any atom is -0.324 e. The second-order valence-corrected chi connectivity index (χ2v) is 4.26. The van der Waals surface area contributed by atoms with Crippen molar-refractivity contribution in [3.05, 3.63) is 53.3 Å². The van der Waals surface area contributed by atoms with Crippen LogP contribution in [-0.4, -0.2) is 20.9 Å². The molecule has 0 radical (unpaired) electrons. The molecule has 5 nitrogen and oxygen atoms in total. The van der Waals surface area contributed by atoms with E-state index in [4.69, 9.17) is 11.6 Å². The minimum atomic E-state index is -0.350. The molecule has 3 aromatic rings. The quantitative estimate of drug-likeness (QED) is 0.705. The molecule has 19 heavy (non-hydrogen) atoms. The van der Waals surface area contributed by atoms with E-state index >= 15 is 0 Å². The lowest BCUT2D eigenvalue weighted by atomic mass is 10.3. The number of aromatic amines is 1. The molecule has 0 saturated carbocycles. The maximum Gasteiger partial charge on any atom is 0.261 e. The number of nitrogens with zero attached hydrogens (tertiary/aromatic N) is 2. The molecule has 0 fully saturated rings. The highest BCUT2D eigenvalue weighted by atomic mass is 35.5. The molecule has 2 N–H and O–H groups in total. The normalized spacial score (nSPS) is 10.6. The van der Waals surface area contributed by atoms with Crippen LogP contribution in [-0.2, 0) is 0 Å². The van der Waals surface area contributed by atoms with Crippen LogP contribution in [0.4, 0.5) is 5.95 Å². The summed E-state index contributed by atoms with van der Waals surface area (Å²) < 4.78 is 0. The van der Waals surface area contributed by atoms with Crippen molar-refractivity contribution in [3.63, 3.8) is 0 Å². The Morgan fingerprint density at radius 1 is 1.21 bits per heavy atom. The SMILES string of the molecule is O=C(Nc1nc2ccccc2[nH]1)c1cccnc1Cl. The lowest BCUT2D eigenvalue weighted by Gasteiger charge is -2.02.